The van der Waals surface area contributed by atoms with Crippen LogP contribution in [0.5, 0.6) is 0 Å². The van der Waals surface area contributed by atoms with Crippen molar-refractivity contribution in [3.8, 4) is 10.6 Å². The molecule has 2 heterocycles. The van der Waals surface area contributed by atoms with Crippen LogP contribution in [0.2, 0.25) is 0 Å². The van der Waals surface area contributed by atoms with E-state index in [4.69, 9.17) is 0 Å². The molecule has 0 unspecified atom stereocenters. The highest BCUT2D eigenvalue weighted by Crippen LogP contribution is 2.33. The number of carbonyl (C=O) groups is 1. The number of aromatic nitrogens is 1. The van der Waals surface area contributed by atoms with E-state index in [1.807, 2.05) is 36.4 Å². The van der Waals surface area contributed by atoms with Crippen LogP contribution < -0.4 is 9.62 Å². The summed E-state index contributed by atoms with van der Waals surface area (Å²) in [6.07, 6.45) is 1.56. The highest BCUT2D eigenvalue weighted by atomic mass is 32.2. The van der Waals surface area contributed by atoms with Crippen molar-refractivity contribution in [1.29, 1.82) is 0 Å². The molecule has 1 aliphatic rings. The van der Waals surface area contributed by atoms with Gasteiger partial charge in [0.05, 0.1) is 15.1 Å². The lowest BCUT2D eigenvalue weighted by molar-refractivity contribution is -0.116. The number of nitrogens with zero attached hydrogens (tertiary/aromatic N) is 2. The highest BCUT2D eigenvalue weighted by Gasteiger charge is 2.23. The van der Waals surface area contributed by atoms with Crippen molar-refractivity contribution in [2.24, 2.45) is 0 Å². The lowest BCUT2D eigenvalue weighted by Crippen LogP contribution is -2.33. The fraction of sp³-hybridized carbons (Fsp3) is 0.167. The number of sulfonamides is 1. The van der Waals surface area contributed by atoms with Gasteiger partial charge in [-0.25, -0.2) is 13.4 Å². The highest BCUT2D eigenvalue weighted by molar-refractivity contribution is 7.92. The van der Waals surface area contributed by atoms with Gasteiger partial charge in [-0.15, -0.1) is 11.3 Å². The third kappa shape index (κ3) is 3.87. The predicted octanol–water partition coefficient (Wildman–Crippen LogP) is 5.06. The standard InChI is InChI=1S/C24H21N3O3S2/c1-16(28)27-13-5-7-17-15-20(11-12-22(17)27)32(29,30)26-19-8-4-6-18(14-19)24-25-21-9-2-3-10-23(21)31-24/h2-4,6,8-12,14-15,26H,5,7,13H2,1H3. The third-order valence-corrected chi connectivity index (χ3v) is 7.98. The number of anilines is 2. The molecule has 0 spiro atoms. The fourth-order valence-electron chi connectivity index (χ4n) is 3.99. The first-order valence-electron chi connectivity index (χ1n) is 10.3. The third-order valence-electron chi connectivity index (χ3n) is 5.52. The van der Waals surface area contributed by atoms with E-state index in [1.165, 1.54) is 6.92 Å². The van der Waals surface area contributed by atoms with Gasteiger partial charge in [0.15, 0.2) is 0 Å². The number of hydrogen-bond acceptors (Lipinski definition) is 5. The maximum Gasteiger partial charge on any atom is 0.261 e. The summed E-state index contributed by atoms with van der Waals surface area (Å²) in [6, 6.07) is 20.1. The lowest BCUT2D eigenvalue weighted by atomic mass is 10.0. The second-order valence-corrected chi connectivity index (χ2v) is 10.5. The van der Waals surface area contributed by atoms with Gasteiger partial charge in [0.2, 0.25) is 5.91 Å². The van der Waals surface area contributed by atoms with Gasteiger partial charge < -0.3 is 4.90 Å². The fourth-order valence-corrected chi connectivity index (χ4v) is 6.05. The zero-order valence-electron chi connectivity index (χ0n) is 17.4. The molecule has 0 fully saturated rings. The minimum Gasteiger partial charge on any atom is -0.312 e. The molecule has 1 aromatic heterocycles. The van der Waals surface area contributed by atoms with Gasteiger partial charge >= 0.3 is 0 Å². The molecule has 3 aromatic carbocycles. The Balaban J connectivity index is 1.44. The molecule has 32 heavy (non-hydrogen) atoms. The van der Waals surface area contributed by atoms with Crippen LogP contribution >= 0.6 is 11.3 Å². The van der Waals surface area contributed by atoms with Crippen LogP contribution in [0.25, 0.3) is 20.8 Å². The van der Waals surface area contributed by atoms with Crippen molar-refractivity contribution in [2.75, 3.05) is 16.2 Å². The first kappa shape index (κ1) is 20.7. The van der Waals surface area contributed by atoms with Crippen LogP contribution in [0.1, 0.15) is 18.9 Å². The van der Waals surface area contributed by atoms with Crippen molar-refractivity contribution in [1.82, 2.24) is 4.98 Å². The number of nitrogens with one attached hydrogen (secondary N) is 1. The number of aryl methyl sites for hydroxylation is 1. The van der Waals surface area contributed by atoms with Gasteiger partial charge in [-0.05, 0) is 60.9 Å². The molecule has 0 saturated carbocycles. The predicted molar refractivity (Wildman–Crippen MR) is 129 cm³/mol. The second kappa shape index (κ2) is 8.03. The normalized spacial score (nSPS) is 13.7. The molecular formula is C24H21N3O3S2. The van der Waals surface area contributed by atoms with Crippen molar-refractivity contribution in [3.63, 3.8) is 0 Å². The van der Waals surface area contributed by atoms with E-state index in [-0.39, 0.29) is 10.8 Å². The number of hydrogen-bond donors (Lipinski definition) is 1. The molecule has 0 bridgehead atoms. The molecule has 0 saturated heterocycles. The number of amides is 1. The topological polar surface area (TPSA) is 79.4 Å². The van der Waals surface area contributed by atoms with Gasteiger partial charge in [-0.2, -0.15) is 0 Å². The summed E-state index contributed by atoms with van der Waals surface area (Å²) in [5.41, 5.74) is 3.92. The van der Waals surface area contributed by atoms with Crippen LogP contribution in [0.3, 0.4) is 0 Å². The first-order valence-corrected chi connectivity index (χ1v) is 12.6. The Morgan fingerprint density at radius 3 is 2.72 bits per heavy atom. The smallest absolute Gasteiger partial charge is 0.261 e. The Hall–Kier alpha value is -3.23. The monoisotopic (exact) mass is 463 g/mol. The molecule has 4 aromatic rings. The van der Waals surface area contributed by atoms with Crippen molar-refractivity contribution in [3.05, 3.63) is 72.3 Å². The Bertz CT molecular complexity index is 1410. The summed E-state index contributed by atoms with van der Waals surface area (Å²) in [5.74, 6) is -0.0358. The molecule has 0 aliphatic carbocycles. The molecule has 6 nitrogen and oxygen atoms in total. The van der Waals surface area contributed by atoms with Crippen molar-refractivity contribution < 1.29 is 13.2 Å². The van der Waals surface area contributed by atoms with E-state index in [9.17, 15) is 13.2 Å². The van der Waals surface area contributed by atoms with Crippen LogP contribution in [-0.4, -0.2) is 25.9 Å². The van der Waals surface area contributed by atoms with Gasteiger partial charge in [0, 0.05) is 30.4 Å². The molecule has 162 valence electrons. The zero-order chi connectivity index (χ0) is 22.3. The molecule has 1 N–H and O–H groups in total. The van der Waals surface area contributed by atoms with Gasteiger partial charge in [0.25, 0.3) is 10.0 Å². The van der Waals surface area contributed by atoms with Crippen LogP contribution in [-0.2, 0) is 21.2 Å². The summed E-state index contributed by atoms with van der Waals surface area (Å²) in [4.78, 5) is 18.4. The summed E-state index contributed by atoms with van der Waals surface area (Å²) in [6.45, 7) is 2.19. The number of benzene rings is 3. The quantitative estimate of drug-likeness (QED) is 0.459. The van der Waals surface area contributed by atoms with Gasteiger partial charge in [0.1, 0.15) is 5.01 Å². The molecule has 8 heteroatoms. The lowest BCUT2D eigenvalue weighted by Gasteiger charge is -2.28. The minimum atomic E-state index is -3.78. The van der Waals surface area contributed by atoms with Crippen LogP contribution in [0.4, 0.5) is 11.4 Å². The second-order valence-electron chi connectivity index (χ2n) is 7.74. The van der Waals surface area contributed by atoms with Gasteiger partial charge in [-0.1, -0.05) is 24.3 Å². The SMILES string of the molecule is CC(=O)N1CCCc2cc(S(=O)(=O)Nc3cccc(-c4nc5ccccc5s4)c3)ccc21. The Kier molecular flexibility index (Phi) is 5.19. The average Bonchev–Trinajstić information content (AvgIpc) is 3.22. The van der Waals surface area contributed by atoms with Crippen LogP contribution in [0, 0.1) is 0 Å². The average molecular weight is 464 g/mol. The summed E-state index contributed by atoms with van der Waals surface area (Å²) >= 11 is 1.57. The number of carbonyl (C=O) groups excluding carboxylic acids is 1. The van der Waals surface area contributed by atoms with E-state index in [2.05, 4.69) is 9.71 Å². The van der Waals surface area contributed by atoms with Crippen LogP contribution in [0.15, 0.2) is 71.6 Å². The molecule has 5 rings (SSSR count). The maximum atomic E-state index is 13.1. The molecule has 0 radical (unpaired) electrons. The van der Waals surface area contributed by atoms with Crippen molar-refractivity contribution in [2.45, 2.75) is 24.7 Å². The van der Waals surface area contributed by atoms with Gasteiger partial charge in [-0.3, -0.25) is 9.52 Å². The Morgan fingerprint density at radius 2 is 1.91 bits per heavy atom. The summed E-state index contributed by atoms with van der Waals surface area (Å²) in [5, 5.41) is 0.838. The Morgan fingerprint density at radius 1 is 1.06 bits per heavy atom. The summed E-state index contributed by atoms with van der Waals surface area (Å²) in [7, 11) is -3.78. The number of fused-ring (bicyclic) bond motifs is 2. The molecule has 1 amide bonds. The zero-order valence-corrected chi connectivity index (χ0v) is 19.0. The number of thiazole rings is 1. The van der Waals surface area contributed by atoms with E-state index in [0.29, 0.717) is 12.2 Å². The summed E-state index contributed by atoms with van der Waals surface area (Å²) < 4.78 is 29.9. The molecule has 0 atom stereocenters. The minimum absolute atomic E-state index is 0.0358. The van der Waals surface area contributed by atoms with E-state index >= 15 is 0 Å². The van der Waals surface area contributed by atoms with E-state index in [1.54, 1.807) is 46.6 Å². The number of para-hydroxylation sites is 1. The molecule has 1 aliphatic heterocycles. The van der Waals surface area contributed by atoms with Crippen molar-refractivity contribution >= 4 is 48.9 Å². The largest absolute Gasteiger partial charge is 0.312 e. The number of rotatable bonds is 4. The Labute approximate surface area is 190 Å². The van der Waals surface area contributed by atoms with E-state index < -0.39 is 10.0 Å². The molecular weight excluding hydrogens is 442 g/mol. The maximum absolute atomic E-state index is 13.1. The first-order chi connectivity index (χ1) is 15.4. The van der Waals surface area contributed by atoms with E-state index in [0.717, 1.165) is 44.9 Å².